The summed E-state index contributed by atoms with van der Waals surface area (Å²) in [7, 11) is 0. The van der Waals surface area contributed by atoms with Crippen LogP contribution in [0.25, 0.3) is 0 Å². The summed E-state index contributed by atoms with van der Waals surface area (Å²) in [6.45, 7) is 5.54. The van der Waals surface area contributed by atoms with Crippen LogP contribution in [-0.2, 0) is 4.79 Å². The Kier molecular flexibility index (Phi) is 5.08. The highest BCUT2D eigenvalue weighted by molar-refractivity contribution is 5.95. The van der Waals surface area contributed by atoms with Gasteiger partial charge in [0, 0.05) is 51.4 Å². The molecule has 2 saturated heterocycles. The second-order valence-corrected chi connectivity index (χ2v) is 7.33. The van der Waals surface area contributed by atoms with Crippen molar-refractivity contribution in [3.63, 3.8) is 0 Å². The summed E-state index contributed by atoms with van der Waals surface area (Å²) in [5.74, 6) is 0.614. The van der Waals surface area contributed by atoms with E-state index in [1.807, 2.05) is 59.5 Å². The molecule has 27 heavy (non-hydrogen) atoms. The molecule has 5 nitrogen and oxygen atoms in total. The van der Waals surface area contributed by atoms with Gasteiger partial charge in [0.2, 0.25) is 5.91 Å². The number of piperazine rings is 1. The summed E-state index contributed by atoms with van der Waals surface area (Å²) in [5, 5.41) is 9.31. The minimum absolute atomic E-state index is 0.229. The fourth-order valence-electron chi connectivity index (χ4n) is 4.14. The van der Waals surface area contributed by atoms with Gasteiger partial charge in [0.1, 0.15) is 6.07 Å². The number of benzene rings is 2. The van der Waals surface area contributed by atoms with Gasteiger partial charge in [-0.15, -0.1) is 0 Å². The number of carbonyl (C=O) groups is 1. The normalized spacial score (nSPS) is 20.7. The van der Waals surface area contributed by atoms with Crippen molar-refractivity contribution in [1.29, 1.82) is 5.26 Å². The standard InChI is InChI=1S/C22H24N4O/c23-15-19-6-4-5-9-21(19)25-12-10-24(11-13-25)16-18-14-22(27)26(17-18)20-7-2-1-3-8-20/h1-9,18H,10-14,16-17H2/t18-/m1/s1. The Hall–Kier alpha value is -2.84. The molecular weight excluding hydrogens is 336 g/mol. The van der Waals surface area contributed by atoms with E-state index < -0.39 is 0 Å². The van der Waals surface area contributed by atoms with Crippen molar-refractivity contribution >= 4 is 17.3 Å². The Bertz CT molecular complexity index is 837. The predicted octanol–water partition coefficient (Wildman–Crippen LogP) is 2.73. The van der Waals surface area contributed by atoms with Gasteiger partial charge in [0.15, 0.2) is 0 Å². The van der Waals surface area contributed by atoms with Crippen LogP contribution in [0.4, 0.5) is 11.4 Å². The fraction of sp³-hybridized carbons (Fsp3) is 0.364. The molecule has 2 aliphatic rings. The lowest BCUT2D eigenvalue weighted by Gasteiger charge is -2.37. The quantitative estimate of drug-likeness (QED) is 0.841. The highest BCUT2D eigenvalue weighted by Crippen LogP contribution is 2.26. The molecule has 0 aliphatic carbocycles. The molecule has 0 bridgehead atoms. The van der Waals surface area contributed by atoms with Crippen molar-refractivity contribution in [2.45, 2.75) is 6.42 Å². The van der Waals surface area contributed by atoms with Gasteiger partial charge >= 0.3 is 0 Å². The minimum Gasteiger partial charge on any atom is -0.368 e. The average Bonchev–Trinajstić information content (AvgIpc) is 3.09. The van der Waals surface area contributed by atoms with Gasteiger partial charge in [-0.2, -0.15) is 5.26 Å². The number of nitriles is 1. The van der Waals surface area contributed by atoms with E-state index in [1.54, 1.807) is 0 Å². The Balaban J connectivity index is 1.32. The summed E-state index contributed by atoms with van der Waals surface area (Å²) in [6.07, 6.45) is 0.631. The number of rotatable bonds is 4. The van der Waals surface area contributed by atoms with Crippen molar-refractivity contribution in [3.8, 4) is 6.07 Å². The van der Waals surface area contributed by atoms with Crippen LogP contribution in [0.2, 0.25) is 0 Å². The van der Waals surface area contributed by atoms with E-state index >= 15 is 0 Å². The number of hydrogen-bond donors (Lipinski definition) is 0. The average molecular weight is 360 g/mol. The lowest BCUT2D eigenvalue weighted by Crippen LogP contribution is -2.48. The zero-order valence-electron chi connectivity index (χ0n) is 15.4. The molecule has 0 N–H and O–H groups in total. The monoisotopic (exact) mass is 360 g/mol. The van der Waals surface area contributed by atoms with E-state index in [0.717, 1.165) is 56.2 Å². The van der Waals surface area contributed by atoms with Crippen molar-refractivity contribution in [2.24, 2.45) is 5.92 Å². The molecule has 1 amide bonds. The molecule has 2 aliphatic heterocycles. The van der Waals surface area contributed by atoms with Gasteiger partial charge in [-0.25, -0.2) is 0 Å². The zero-order valence-corrected chi connectivity index (χ0v) is 15.4. The van der Waals surface area contributed by atoms with Crippen LogP contribution in [0, 0.1) is 17.2 Å². The summed E-state index contributed by atoms with van der Waals surface area (Å²) in [4.78, 5) is 19.1. The highest BCUT2D eigenvalue weighted by atomic mass is 16.2. The molecule has 4 rings (SSSR count). The Morgan fingerprint density at radius 1 is 0.963 bits per heavy atom. The van der Waals surface area contributed by atoms with E-state index in [-0.39, 0.29) is 5.91 Å². The third-order valence-corrected chi connectivity index (χ3v) is 5.53. The van der Waals surface area contributed by atoms with Gasteiger partial charge in [-0.3, -0.25) is 9.69 Å². The van der Waals surface area contributed by atoms with Crippen LogP contribution < -0.4 is 9.80 Å². The van der Waals surface area contributed by atoms with Crippen molar-refractivity contribution < 1.29 is 4.79 Å². The van der Waals surface area contributed by atoms with E-state index in [1.165, 1.54) is 0 Å². The van der Waals surface area contributed by atoms with Gasteiger partial charge < -0.3 is 9.80 Å². The molecule has 138 valence electrons. The third-order valence-electron chi connectivity index (χ3n) is 5.53. The lowest BCUT2D eigenvalue weighted by molar-refractivity contribution is -0.117. The summed E-state index contributed by atoms with van der Waals surface area (Å²) in [5.41, 5.74) is 2.78. The number of para-hydroxylation sites is 2. The largest absolute Gasteiger partial charge is 0.368 e. The molecular formula is C22H24N4O. The highest BCUT2D eigenvalue weighted by Gasteiger charge is 2.32. The summed E-state index contributed by atoms with van der Waals surface area (Å²) < 4.78 is 0. The topological polar surface area (TPSA) is 50.6 Å². The van der Waals surface area contributed by atoms with Crippen LogP contribution in [0.3, 0.4) is 0 Å². The molecule has 2 aromatic carbocycles. The fourth-order valence-corrected chi connectivity index (χ4v) is 4.14. The summed E-state index contributed by atoms with van der Waals surface area (Å²) >= 11 is 0. The van der Waals surface area contributed by atoms with Crippen LogP contribution in [-0.4, -0.2) is 50.1 Å². The molecule has 2 heterocycles. The first-order valence-electron chi connectivity index (χ1n) is 9.56. The first kappa shape index (κ1) is 17.6. The molecule has 2 aromatic rings. The Labute approximate surface area is 160 Å². The second kappa shape index (κ2) is 7.81. The van der Waals surface area contributed by atoms with Crippen molar-refractivity contribution in [1.82, 2.24) is 4.90 Å². The lowest BCUT2D eigenvalue weighted by atomic mass is 10.1. The molecule has 0 aromatic heterocycles. The maximum absolute atomic E-state index is 12.4. The third kappa shape index (κ3) is 3.81. The number of carbonyl (C=O) groups excluding carboxylic acids is 1. The molecule has 1 atom stereocenters. The van der Waals surface area contributed by atoms with Crippen LogP contribution in [0.1, 0.15) is 12.0 Å². The number of anilines is 2. The van der Waals surface area contributed by atoms with Crippen molar-refractivity contribution in [3.05, 3.63) is 60.2 Å². The van der Waals surface area contributed by atoms with E-state index in [0.29, 0.717) is 12.3 Å². The first-order chi connectivity index (χ1) is 13.2. The molecule has 0 saturated carbocycles. The first-order valence-corrected chi connectivity index (χ1v) is 9.56. The molecule has 0 spiro atoms. The van der Waals surface area contributed by atoms with Gasteiger partial charge in [-0.1, -0.05) is 30.3 Å². The minimum atomic E-state index is 0.229. The SMILES string of the molecule is N#Cc1ccccc1N1CCN(C[C@H]2CC(=O)N(c3ccccc3)C2)CC1. The molecule has 5 heteroatoms. The van der Waals surface area contributed by atoms with E-state index in [4.69, 9.17) is 0 Å². The Morgan fingerprint density at radius 3 is 2.41 bits per heavy atom. The molecule has 0 radical (unpaired) electrons. The predicted molar refractivity (Wildman–Crippen MR) is 107 cm³/mol. The zero-order chi connectivity index (χ0) is 18.6. The van der Waals surface area contributed by atoms with E-state index in [2.05, 4.69) is 15.9 Å². The van der Waals surface area contributed by atoms with Crippen LogP contribution >= 0.6 is 0 Å². The maximum Gasteiger partial charge on any atom is 0.227 e. The number of amides is 1. The molecule has 2 fully saturated rings. The van der Waals surface area contributed by atoms with Gasteiger partial charge in [0.25, 0.3) is 0 Å². The molecule has 0 unspecified atom stereocenters. The summed E-state index contributed by atoms with van der Waals surface area (Å²) in [6, 6.07) is 20.0. The van der Waals surface area contributed by atoms with Crippen molar-refractivity contribution in [2.75, 3.05) is 49.1 Å². The number of hydrogen-bond acceptors (Lipinski definition) is 4. The van der Waals surface area contributed by atoms with Crippen LogP contribution in [0.15, 0.2) is 54.6 Å². The van der Waals surface area contributed by atoms with Gasteiger partial charge in [0.05, 0.1) is 11.3 Å². The number of nitrogens with zero attached hydrogens (tertiary/aromatic N) is 4. The van der Waals surface area contributed by atoms with Crippen LogP contribution in [0.5, 0.6) is 0 Å². The Morgan fingerprint density at radius 2 is 1.67 bits per heavy atom. The maximum atomic E-state index is 12.4. The second-order valence-electron chi connectivity index (χ2n) is 7.33. The van der Waals surface area contributed by atoms with Gasteiger partial charge in [-0.05, 0) is 30.2 Å². The van der Waals surface area contributed by atoms with E-state index in [9.17, 15) is 10.1 Å². The smallest absolute Gasteiger partial charge is 0.227 e.